The number of unbranched alkanes of at least 4 members (excludes halogenated alkanes) is 1. The molecule has 0 rings (SSSR count). The van der Waals surface area contributed by atoms with E-state index in [0.29, 0.717) is 6.54 Å². The summed E-state index contributed by atoms with van der Waals surface area (Å²) in [4.78, 5) is 26.1. The van der Waals surface area contributed by atoms with E-state index in [1.54, 1.807) is 18.0 Å². The van der Waals surface area contributed by atoms with Gasteiger partial charge in [-0.05, 0) is 6.42 Å². The minimum absolute atomic E-state index is 0.0227. The topological polar surface area (TPSA) is 40.6 Å². The van der Waals surface area contributed by atoms with Crippen molar-refractivity contribution in [1.29, 1.82) is 0 Å². The van der Waals surface area contributed by atoms with E-state index in [1.165, 1.54) is 11.8 Å². The SMILES string of the molecule is C=CCN(CC(=O)N(C)CCCC)C(C)=O. The van der Waals surface area contributed by atoms with Crippen molar-refractivity contribution >= 4 is 11.8 Å². The average molecular weight is 226 g/mol. The maximum Gasteiger partial charge on any atom is 0.241 e. The van der Waals surface area contributed by atoms with Gasteiger partial charge in [-0.25, -0.2) is 0 Å². The Morgan fingerprint density at radius 3 is 2.44 bits per heavy atom. The van der Waals surface area contributed by atoms with E-state index in [4.69, 9.17) is 0 Å². The lowest BCUT2D eigenvalue weighted by Crippen LogP contribution is -2.40. The first-order valence-corrected chi connectivity index (χ1v) is 5.63. The van der Waals surface area contributed by atoms with Crippen molar-refractivity contribution in [3.8, 4) is 0 Å². The van der Waals surface area contributed by atoms with Crippen molar-refractivity contribution in [3.63, 3.8) is 0 Å². The minimum Gasteiger partial charge on any atom is -0.344 e. The number of hydrogen-bond donors (Lipinski definition) is 0. The summed E-state index contributed by atoms with van der Waals surface area (Å²) in [7, 11) is 1.77. The monoisotopic (exact) mass is 226 g/mol. The molecule has 0 aromatic rings. The van der Waals surface area contributed by atoms with Crippen LogP contribution in [0.5, 0.6) is 0 Å². The Hall–Kier alpha value is -1.32. The van der Waals surface area contributed by atoms with Gasteiger partial charge in [0.1, 0.15) is 6.54 Å². The molecule has 0 aliphatic heterocycles. The predicted octanol–water partition coefficient (Wildman–Crippen LogP) is 1.28. The molecule has 4 heteroatoms. The largest absolute Gasteiger partial charge is 0.344 e. The molecule has 0 atom stereocenters. The van der Waals surface area contributed by atoms with Crippen LogP contribution < -0.4 is 0 Å². The lowest BCUT2D eigenvalue weighted by molar-refractivity contribution is -0.138. The van der Waals surface area contributed by atoms with Crippen molar-refractivity contribution in [1.82, 2.24) is 9.80 Å². The zero-order chi connectivity index (χ0) is 12.6. The minimum atomic E-state index is -0.0999. The fourth-order valence-electron chi connectivity index (χ4n) is 1.26. The number of carbonyl (C=O) groups excluding carboxylic acids is 2. The number of nitrogens with zero attached hydrogens (tertiary/aromatic N) is 2. The molecule has 16 heavy (non-hydrogen) atoms. The Kier molecular flexibility index (Phi) is 7.25. The van der Waals surface area contributed by atoms with Crippen molar-refractivity contribution in [3.05, 3.63) is 12.7 Å². The average Bonchev–Trinajstić information content (AvgIpc) is 2.24. The van der Waals surface area contributed by atoms with E-state index < -0.39 is 0 Å². The van der Waals surface area contributed by atoms with Crippen molar-refractivity contribution in [2.24, 2.45) is 0 Å². The standard InChI is InChI=1S/C12H22N2O2/c1-5-7-9-13(4)12(16)10-14(8-6-2)11(3)15/h6H,2,5,7-10H2,1,3-4H3. The third kappa shape index (κ3) is 5.53. The molecule has 0 spiro atoms. The highest BCUT2D eigenvalue weighted by Crippen LogP contribution is 1.96. The first-order valence-electron chi connectivity index (χ1n) is 5.63. The number of amides is 2. The van der Waals surface area contributed by atoms with Crippen LogP contribution in [0.1, 0.15) is 26.7 Å². The molecule has 0 fully saturated rings. The molecule has 2 amide bonds. The smallest absolute Gasteiger partial charge is 0.241 e. The van der Waals surface area contributed by atoms with E-state index >= 15 is 0 Å². The zero-order valence-corrected chi connectivity index (χ0v) is 10.5. The molecule has 0 aromatic carbocycles. The second kappa shape index (κ2) is 7.91. The highest BCUT2D eigenvalue weighted by molar-refractivity contribution is 5.83. The van der Waals surface area contributed by atoms with E-state index in [9.17, 15) is 9.59 Å². The second-order valence-corrected chi connectivity index (χ2v) is 3.86. The van der Waals surface area contributed by atoms with E-state index in [1.807, 2.05) is 0 Å². The molecular formula is C12H22N2O2. The second-order valence-electron chi connectivity index (χ2n) is 3.86. The Bertz CT molecular complexity index is 251. The van der Waals surface area contributed by atoms with Gasteiger partial charge in [0.2, 0.25) is 11.8 Å². The molecule has 0 saturated carbocycles. The summed E-state index contributed by atoms with van der Waals surface area (Å²) in [6, 6.07) is 0. The zero-order valence-electron chi connectivity index (χ0n) is 10.5. The summed E-state index contributed by atoms with van der Waals surface area (Å²) >= 11 is 0. The summed E-state index contributed by atoms with van der Waals surface area (Å²) in [6.07, 6.45) is 3.67. The molecule has 0 aliphatic carbocycles. The van der Waals surface area contributed by atoms with E-state index in [-0.39, 0.29) is 18.4 Å². The van der Waals surface area contributed by atoms with Crippen LogP contribution in [-0.2, 0) is 9.59 Å². The molecule has 0 aliphatic rings. The third-order valence-electron chi connectivity index (χ3n) is 2.39. The van der Waals surface area contributed by atoms with E-state index in [2.05, 4.69) is 13.5 Å². The number of rotatable bonds is 7. The quantitative estimate of drug-likeness (QED) is 0.614. The van der Waals surface area contributed by atoms with Crippen LogP contribution in [0.25, 0.3) is 0 Å². The number of likely N-dealkylation sites (N-methyl/N-ethyl adjacent to an activating group) is 1. The lowest BCUT2D eigenvalue weighted by atomic mass is 10.3. The van der Waals surface area contributed by atoms with Gasteiger partial charge in [0, 0.05) is 27.1 Å². The summed E-state index contributed by atoms with van der Waals surface area (Å²) in [5, 5.41) is 0. The predicted molar refractivity (Wildman–Crippen MR) is 65.0 cm³/mol. The van der Waals surface area contributed by atoms with Gasteiger partial charge >= 0.3 is 0 Å². The molecule has 0 radical (unpaired) electrons. The normalized spacial score (nSPS) is 9.69. The molecule has 4 nitrogen and oxygen atoms in total. The van der Waals surface area contributed by atoms with Gasteiger partial charge in [-0.15, -0.1) is 6.58 Å². The van der Waals surface area contributed by atoms with Gasteiger partial charge in [0.15, 0.2) is 0 Å². The Balaban J connectivity index is 4.17. The fourth-order valence-corrected chi connectivity index (χ4v) is 1.26. The first-order chi connectivity index (χ1) is 7.52. The Morgan fingerprint density at radius 1 is 1.38 bits per heavy atom. The van der Waals surface area contributed by atoms with Crippen molar-refractivity contribution in [2.75, 3.05) is 26.7 Å². The Labute approximate surface area is 97.9 Å². The summed E-state index contributed by atoms with van der Waals surface area (Å²) in [6.45, 7) is 8.41. The molecular weight excluding hydrogens is 204 g/mol. The van der Waals surface area contributed by atoms with Gasteiger partial charge < -0.3 is 9.80 Å². The van der Waals surface area contributed by atoms with Crippen molar-refractivity contribution in [2.45, 2.75) is 26.7 Å². The summed E-state index contributed by atoms with van der Waals surface area (Å²) in [5.41, 5.74) is 0. The van der Waals surface area contributed by atoms with Crippen LogP contribution in [0.3, 0.4) is 0 Å². The lowest BCUT2D eigenvalue weighted by Gasteiger charge is -2.23. The molecule has 0 saturated heterocycles. The molecule has 92 valence electrons. The van der Waals surface area contributed by atoms with Gasteiger partial charge in [-0.2, -0.15) is 0 Å². The first kappa shape index (κ1) is 14.7. The van der Waals surface area contributed by atoms with Crippen LogP contribution in [0.15, 0.2) is 12.7 Å². The van der Waals surface area contributed by atoms with Crippen LogP contribution in [0.4, 0.5) is 0 Å². The number of hydrogen-bond acceptors (Lipinski definition) is 2. The highest BCUT2D eigenvalue weighted by Gasteiger charge is 2.14. The van der Waals surface area contributed by atoms with Gasteiger partial charge in [0.25, 0.3) is 0 Å². The van der Waals surface area contributed by atoms with Gasteiger partial charge in [0.05, 0.1) is 0 Å². The summed E-state index contributed by atoms with van der Waals surface area (Å²) in [5.74, 6) is -0.123. The highest BCUT2D eigenvalue weighted by atomic mass is 16.2. The van der Waals surface area contributed by atoms with E-state index in [0.717, 1.165) is 19.4 Å². The Morgan fingerprint density at radius 2 is 2.00 bits per heavy atom. The van der Waals surface area contributed by atoms with Crippen LogP contribution in [0.2, 0.25) is 0 Å². The van der Waals surface area contributed by atoms with Crippen molar-refractivity contribution < 1.29 is 9.59 Å². The summed E-state index contributed by atoms with van der Waals surface area (Å²) < 4.78 is 0. The molecule has 0 bridgehead atoms. The van der Waals surface area contributed by atoms with Gasteiger partial charge in [-0.1, -0.05) is 19.4 Å². The maximum absolute atomic E-state index is 11.7. The van der Waals surface area contributed by atoms with Crippen LogP contribution in [-0.4, -0.2) is 48.3 Å². The fraction of sp³-hybridized carbons (Fsp3) is 0.667. The van der Waals surface area contributed by atoms with Crippen LogP contribution >= 0.6 is 0 Å². The molecule has 0 aromatic heterocycles. The van der Waals surface area contributed by atoms with Crippen LogP contribution in [0, 0.1) is 0 Å². The number of carbonyl (C=O) groups is 2. The molecule has 0 N–H and O–H groups in total. The third-order valence-corrected chi connectivity index (χ3v) is 2.39. The molecule has 0 unspecified atom stereocenters. The van der Waals surface area contributed by atoms with Gasteiger partial charge in [-0.3, -0.25) is 9.59 Å². The maximum atomic E-state index is 11.7. The molecule has 0 heterocycles.